The smallest absolute Gasteiger partial charge is 0.311 e. The van der Waals surface area contributed by atoms with Crippen LogP contribution < -0.4 is 0 Å². The molecule has 0 rings (SSSR count). The summed E-state index contributed by atoms with van der Waals surface area (Å²) < 4.78 is 12.0. The molecule has 0 aliphatic rings. The lowest BCUT2D eigenvalue weighted by Crippen LogP contribution is -2.44. The third-order valence-corrected chi connectivity index (χ3v) is 11.8. The van der Waals surface area contributed by atoms with E-state index >= 15 is 0 Å². The fourth-order valence-corrected chi connectivity index (χ4v) is 11.5. The highest BCUT2D eigenvalue weighted by atomic mass is 28.4. The molecule has 0 radical (unpaired) electrons. The van der Waals surface area contributed by atoms with E-state index in [1.807, 2.05) is 20.8 Å². The van der Waals surface area contributed by atoms with E-state index in [-0.39, 0.29) is 11.4 Å². The van der Waals surface area contributed by atoms with E-state index in [0.717, 1.165) is 18.9 Å². The molecular formula is C17H38O3Si2. The number of ether oxygens (including phenoxy) is 1. The number of hydrogen-bond acceptors (Lipinski definition) is 3. The van der Waals surface area contributed by atoms with Crippen LogP contribution in [0.3, 0.4) is 0 Å². The minimum Gasteiger partial charge on any atom is -0.465 e. The van der Waals surface area contributed by atoms with E-state index in [0.29, 0.717) is 6.61 Å². The van der Waals surface area contributed by atoms with Crippen LogP contribution >= 0.6 is 0 Å². The van der Waals surface area contributed by atoms with Crippen molar-refractivity contribution in [2.45, 2.75) is 91.7 Å². The summed E-state index contributed by atoms with van der Waals surface area (Å²) in [5.74, 6) is -0.0759. The Labute approximate surface area is 140 Å². The van der Waals surface area contributed by atoms with Gasteiger partial charge in [-0.2, -0.15) is 0 Å². The van der Waals surface area contributed by atoms with E-state index in [4.69, 9.17) is 8.85 Å². The van der Waals surface area contributed by atoms with Gasteiger partial charge in [-0.05, 0) is 65.0 Å². The van der Waals surface area contributed by atoms with Gasteiger partial charge in [0, 0.05) is 0 Å². The van der Waals surface area contributed by atoms with Crippen molar-refractivity contribution in [2.75, 3.05) is 6.61 Å². The molecule has 0 heterocycles. The van der Waals surface area contributed by atoms with E-state index in [2.05, 4.69) is 33.1 Å². The summed E-state index contributed by atoms with van der Waals surface area (Å²) in [6.07, 6.45) is 4.24. The van der Waals surface area contributed by atoms with E-state index in [9.17, 15) is 4.79 Å². The Balaban J connectivity index is 4.15. The molecule has 132 valence electrons. The molecule has 0 spiro atoms. The van der Waals surface area contributed by atoms with Crippen LogP contribution in [0.5, 0.6) is 0 Å². The number of carbonyl (C=O) groups excluding carboxylic acids is 1. The first-order valence-corrected chi connectivity index (χ1v) is 15.1. The zero-order chi connectivity index (χ0) is 17.4. The number of carbonyl (C=O) groups is 1. The van der Waals surface area contributed by atoms with Crippen molar-refractivity contribution in [3.05, 3.63) is 0 Å². The van der Waals surface area contributed by atoms with Crippen molar-refractivity contribution >= 4 is 22.6 Å². The molecule has 22 heavy (non-hydrogen) atoms. The molecule has 0 aliphatic heterocycles. The van der Waals surface area contributed by atoms with Gasteiger partial charge in [0.2, 0.25) is 0 Å². The largest absolute Gasteiger partial charge is 0.465 e. The van der Waals surface area contributed by atoms with Gasteiger partial charge < -0.3 is 8.85 Å². The molecule has 3 nitrogen and oxygen atoms in total. The second-order valence-corrected chi connectivity index (χ2v) is 17.1. The highest BCUT2D eigenvalue weighted by Gasteiger charge is 2.32. The second-order valence-electron chi connectivity index (χ2n) is 8.20. The predicted octanol–water partition coefficient (Wildman–Crippen LogP) is 5.58. The van der Waals surface area contributed by atoms with Crippen molar-refractivity contribution in [3.8, 4) is 0 Å². The lowest BCUT2D eigenvalue weighted by Gasteiger charge is -2.34. The minimum atomic E-state index is -1.64. The minimum absolute atomic E-state index is 0.0759. The summed E-state index contributed by atoms with van der Waals surface area (Å²) in [6, 6.07) is 2.31. The zero-order valence-corrected chi connectivity index (χ0v) is 18.2. The third-order valence-electron chi connectivity index (χ3n) is 4.28. The molecule has 0 saturated heterocycles. The van der Waals surface area contributed by atoms with Crippen LogP contribution in [-0.2, 0) is 13.6 Å². The summed E-state index contributed by atoms with van der Waals surface area (Å²) in [6.45, 7) is 17.9. The second kappa shape index (κ2) is 9.23. The van der Waals surface area contributed by atoms with Crippen LogP contribution in [0.2, 0.25) is 38.3 Å². The summed E-state index contributed by atoms with van der Waals surface area (Å²) >= 11 is 0. The number of esters is 1. The SMILES string of the molecule is CCCC[Si](C)(C)O[Si](C)(C)CCCOC(=O)C(C)(C)CC. The lowest BCUT2D eigenvalue weighted by molar-refractivity contribution is -0.154. The monoisotopic (exact) mass is 346 g/mol. The topological polar surface area (TPSA) is 35.5 Å². The van der Waals surface area contributed by atoms with E-state index in [1.165, 1.54) is 18.9 Å². The lowest BCUT2D eigenvalue weighted by atomic mass is 9.91. The van der Waals surface area contributed by atoms with Crippen molar-refractivity contribution in [2.24, 2.45) is 5.41 Å². The van der Waals surface area contributed by atoms with Gasteiger partial charge in [0.1, 0.15) is 0 Å². The van der Waals surface area contributed by atoms with Crippen LogP contribution in [-0.4, -0.2) is 29.2 Å². The Morgan fingerprint density at radius 2 is 1.45 bits per heavy atom. The Hall–Kier alpha value is -0.136. The highest BCUT2D eigenvalue weighted by molar-refractivity contribution is 6.84. The predicted molar refractivity (Wildman–Crippen MR) is 100 cm³/mol. The molecule has 0 bridgehead atoms. The fourth-order valence-electron chi connectivity index (χ4n) is 2.45. The average molecular weight is 347 g/mol. The zero-order valence-electron chi connectivity index (χ0n) is 16.2. The number of rotatable bonds is 11. The molecule has 0 aromatic heterocycles. The normalized spacial score (nSPS) is 13.3. The van der Waals surface area contributed by atoms with Crippen LogP contribution in [0.15, 0.2) is 0 Å². The van der Waals surface area contributed by atoms with Crippen LogP contribution in [0.1, 0.15) is 53.4 Å². The van der Waals surface area contributed by atoms with Crippen molar-refractivity contribution in [1.29, 1.82) is 0 Å². The fraction of sp³-hybridized carbons (Fsp3) is 0.941. The van der Waals surface area contributed by atoms with Crippen LogP contribution in [0, 0.1) is 5.41 Å². The van der Waals surface area contributed by atoms with Gasteiger partial charge in [-0.3, -0.25) is 4.79 Å². The maximum Gasteiger partial charge on any atom is 0.311 e. The van der Waals surface area contributed by atoms with E-state index in [1.54, 1.807) is 0 Å². The van der Waals surface area contributed by atoms with Crippen LogP contribution in [0.25, 0.3) is 0 Å². The number of unbranched alkanes of at least 4 members (excludes halogenated alkanes) is 1. The third kappa shape index (κ3) is 9.10. The molecule has 0 unspecified atom stereocenters. The first-order valence-electron chi connectivity index (χ1n) is 8.83. The first-order chi connectivity index (χ1) is 9.96. The maximum absolute atomic E-state index is 11.9. The standard InChI is InChI=1S/C17H38O3Si2/c1-9-11-14-21(5,6)20-22(7,8)15-12-13-19-16(18)17(3,4)10-2/h9-15H2,1-8H3. The molecule has 0 aromatic rings. The Morgan fingerprint density at radius 3 is 1.91 bits per heavy atom. The molecule has 5 heteroatoms. The molecular weight excluding hydrogens is 308 g/mol. The van der Waals surface area contributed by atoms with E-state index < -0.39 is 16.6 Å². The molecule has 0 saturated carbocycles. The molecule has 0 fully saturated rings. The maximum atomic E-state index is 11.9. The molecule has 0 amide bonds. The summed E-state index contributed by atoms with van der Waals surface area (Å²) in [5.41, 5.74) is -0.363. The van der Waals surface area contributed by atoms with Gasteiger partial charge in [0.25, 0.3) is 0 Å². The highest BCUT2D eigenvalue weighted by Crippen LogP contribution is 2.25. The van der Waals surface area contributed by atoms with Gasteiger partial charge in [-0.15, -0.1) is 0 Å². The summed E-state index contributed by atoms with van der Waals surface area (Å²) in [7, 11) is -3.17. The Morgan fingerprint density at radius 1 is 0.955 bits per heavy atom. The number of hydrogen-bond donors (Lipinski definition) is 0. The molecule has 0 aliphatic carbocycles. The van der Waals surface area contributed by atoms with Crippen molar-refractivity contribution in [3.63, 3.8) is 0 Å². The first kappa shape index (κ1) is 21.9. The molecule has 0 atom stereocenters. The van der Waals surface area contributed by atoms with Gasteiger partial charge in [0.05, 0.1) is 12.0 Å². The summed E-state index contributed by atoms with van der Waals surface area (Å²) in [5, 5.41) is 0. The quantitative estimate of drug-likeness (QED) is 0.278. The van der Waals surface area contributed by atoms with Crippen molar-refractivity contribution in [1.82, 2.24) is 0 Å². The van der Waals surface area contributed by atoms with Gasteiger partial charge in [0.15, 0.2) is 16.6 Å². The van der Waals surface area contributed by atoms with Crippen LogP contribution in [0.4, 0.5) is 0 Å². The van der Waals surface area contributed by atoms with Crippen molar-refractivity contribution < 1.29 is 13.6 Å². The average Bonchev–Trinajstić information content (AvgIpc) is 2.39. The van der Waals surface area contributed by atoms with Gasteiger partial charge >= 0.3 is 5.97 Å². The molecule has 0 N–H and O–H groups in total. The Bertz CT molecular complexity index is 339. The molecule has 0 aromatic carbocycles. The van der Waals surface area contributed by atoms with Gasteiger partial charge in [-0.1, -0.05) is 26.7 Å². The van der Waals surface area contributed by atoms with Gasteiger partial charge in [-0.25, -0.2) is 0 Å². The summed E-state index contributed by atoms with van der Waals surface area (Å²) in [4.78, 5) is 11.9. The Kier molecular flexibility index (Phi) is 9.17.